The summed E-state index contributed by atoms with van der Waals surface area (Å²) in [4.78, 5) is 12.1. The Labute approximate surface area is 155 Å². The maximum Gasteiger partial charge on any atom is 0.243 e. The lowest BCUT2D eigenvalue weighted by Gasteiger charge is -2.24. The number of rotatable bonds is 4. The Balaban J connectivity index is 2.22. The molecule has 1 fully saturated rings. The fraction of sp³-hybridized carbons (Fsp3) is 0.562. The Kier molecular flexibility index (Phi) is 7.16. The number of amides is 1. The van der Waals surface area contributed by atoms with E-state index in [1.54, 1.807) is 25.1 Å². The number of carbonyl (C=O) groups is 1. The summed E-state index contributed by atoms with van der Waals surface area (Å²) in [5.74, 6) is -0.332. The van der Waals surface area contributed by atoms with Crippen molar-refractivity contribution >= 4 is 26.0 Å². The summed E-state index contributed by atoms with van der Waals surface area (Å²) in [5, 5.41) is 2.65. The van der Waals surface area contributed by atoms with E-state index in [4.69, 9.17) is 0 Å². The summed E-state index contributed by atoms with van der Waals surface area (Å²) >= 11 is 0. The molecule has 0 atom stereocenters. The Bertz CT molecular complexity index is 810. The third kappa shape index (κ3) is 5.26. The maximum absolute atomic E-state index is 12.8. The molecule has 146 valence electrons. The second kappa shape index (κ2) is 8.94. The van der Waals surface area contributed by atoms with Crippen molar-refractivity contribution < 1.29 is 21.6 Å². The van der Waals surface area contributed by atoms with Crippen LogP contribution in [0.5, 0.6) is 0 Å². The molecule has 1 aliphatic heterocycles. The van der Waals surface area contributed by atoms with Gasteiger partial charge in [0.05, 0.1) is 10.6 Å². The molecule has 1 aromatic carbocycles. The van der Waals surface area contributed by atoms with E-state index in [1.165, 1.54) is 20.7 Å². The van der Waals surface area contributed by atoms with Crippen molar-refractivity contribution in [1.29, 1.82) is 0 Å². The first-order valence-corrected chi connectivity index (χ1v) is 11.6. The minimum Gasteiger partial charge on any atom is -0.355 e. The number of nitrogens with one attached hydrogen (secondary N) is 1. The van der Waals surface area contributed by atoms with Crippen LogP contribution in [0.4, 0.5) is 0 Å². The Morgan fingerprint density at radius 1 is 0.962 bits per heavy atom. The highest BCUT2D eigenvalue weighted by atomic mass is 32.2. The topological polar surface area (TPSA) is 104 Å². The second-order valence-electron chi connectivity index (χ2n) is 5.97. The summed E-state index contributed by atoms with van der Waals surface area (Å²) in [7, 11) is -7.15. The lowest BCUT2D eigenvalue weighted by atomic mass is 10.3. The highest BCUT2D eigenvalue weighted by molar-refractivity contribution is 7.89. The zero-order valence-corrected chi connectivity index (χ0v) is 16.4. The predicted molar refractivity (Wildman–Crippen MR) is 98.5 cm³/mol. The molecule has 8 nitrogen and oxygen atoms in total. The van der Waals surface area contributed by atoms with Gasteiger partial charge < -0.3 is 5.32 Å². The van der Waals surface area contributed by atoms with Crippen molar-refractivity contribution in [2.45, 2.75) is 24.7 Å². The van der Waals surface area contributed by atoms with Crippen molar-refractivity contribution in [2.24, 2.45) is 0 Å². The molecule has 10 heteroatoms. The van der Waals surface area contributed by atoms with Gasteiger partial charge in [0.1, 0.15) is 0 Å². The molecule has 0 spiro atoms. The number of hydrogen-bond donors (Lipinski definition) is 1. The van der Waals surface area contributed by atoms with Crippen molar-refractivity contribution in [3.05, 3.63) is 30.3 Å². The summed E-state index contributed by atoms with van der Waals surface area (Å²) in [6, 6.07) is 8.03. The Hall–Kier alpha value is -1.49. The van der Waals surface area contributed by atoms with E-state index in [-0.39, 0.29) is 55.7 Å². The summed E-state index contributed by atoms with van der Waals surface area (Å²) in [6.07, 6.45) is 0.395. The first-order chi connectivity index (χ1) is 12.3. The van der Waals surface area contributed by atoms with Crippen LogP contribution in [0.1, 0.15) is 19.8 Å². The standard InChI is InChI=1S/C16H25N3O5S2/c1-2-25(21,22)18-11-6-12-19(13-9-16(20)17-10-14-18)26(23,24)15-7-4-3-5-8-15/h3-5,7-8H,2,6,9-14H2,1H3,(H,17,20). The summed E-state index contributed by atoms with van der Waals surface area (Å²) in [6.45, 7) is 2.39. The van der Waals surface area contributed by atoms with E-state index >= 15 is 0 Å². The Morgan fingerprint density at radius 2 is 1.62 bits per heavy atom. The number of benzene rings is 1. The van der Waals surface area contributed by atoms with Gasteiger partial charge in [-0.3, -0.25) is 4.79 Å². The lowest BCUT2D eigenvalue weighted by molar-refractivity contribution is -0.121. The van der Waals surface area contributed by atoms with Gasteiger partial charge >= 0.3 is 0 Å². The minimum absolute atomic E-state index is 0.0343. The van der Waals surface area contributed by atoms with Gasteiger partial charge in [0.15, 0.2) is 0 Å². The number of sulfonamides is 2. The molecule has 0 radical (unpaired) electrons. The van der Waals surface area contributed by atoms with Crippen LogP contribution >= 0.6 is 0 Å². The fourth-order valence-electron chi connectivity index (χ4n) is 2.72. The molecule has 0 bridgehead atoms. The highest BCUT2D eigenvalue weighted by Crippen LogP contribution is 2.17. The number of carbonyl (C=O) groups excluding carboxylic acids is 1. The smallest absolute Gasteiger partial charge is 0.243 e. The quantitative estimate of drug-likeness (QED) is 0.776. The van der Waals surface area contributed by atoms with Gasteiger partial charge in [0, 0.05) is 39.1 Å². The first kappa shape index (κ1) is 20.8. The zero-order chi connectivity index (χ0) is 19.2. The van der Waals surface area contributed by atoms with Crippen molar-refractivity contribution in [1.82, 2.24) is 13.9 Å². The largest absolute Gasteiger partial charge is 0.355 e. The number of hydrogen-bond acceptors (Lipinski definition) is 5. The van der Waals surface area contributed by atoms with Crippen LogP contribution in [0.15, 0.2) is 35.2 Å². The van der Waals surface area contributed by atoms with Gasteiger partial charge in [-0.05, 0) is 25.5 Å². The second-order valence-corrected chi connectivity index (χ2v) is 10.2. The van der Waals surface area contributed by atoms with E-state index in [0.29, 0.717) is 6.42 Å². The monoisotopic (exact) mass is 403 g/mol. The molecule has 0 aromatic heterocycles. The summed E-state index contributed by atoms with van der Waals surface area (Å²) in [5.41, 5.74) is 0. The van der Waals surface area contributed by atoms with Gasteiger partial charge in [-0.2, -0.15) is 4.31 Å². The van der Waals surface area contributed by atoms with Gasteiger partial charge in [0.2, 0.25) is 26.0 Å². The predicted octanol–water partition coefficient (Wildman–Crippen LogP) is 0.239. The molecule has 0 saturated carbocycles. The lowest BCUT2D eigenvalue weighted by Crippen LogP contribution is -2.39. The molecule has 1 aliphatic rings. The normalized spacial score (nSPS) is 19.5. The summed E-state index contributed by atoms with van der Waals surface area (Å²) < 4.78 is 52.6. The molecular formula is C16H25N3O5S2. The van der Waals surface area contributed by atoms with Crippen LogP contribution in [0.2, 0.25) is 0 Å². The van der Waals surface area contributed by atoms with Crippen LogP contribution in [0.3, 0.4) is 0 Å². The van der Waals surface area contributed by atoms with Gasteiger partial charge in [0.25, 0.3) is 0 Å². The van der Waals surface area contributed by atoms with Crippen LogP contribution in [0, 0.1) is 0 Å². The van der Waals surface area contributed by atoms with Crippen molar-refractivity contribution in [3.8, 4) is 0 Å². The van der Waals surface area contributed by atoms with E-state index in [2.05, 4.69) is 5.32 Å². The van der Waals surface area contributed by atoms with E-state index in [0.717, 1.165) is 0 Å². The van der Waals surface area contributed by atoms with E-state index < -0.39 is 20.0 Å². The molecule has 26 heavy (non-hydrogen) atoms. The van der Waals surface area contributed by atoms with Crippen LogP contribution in [0.25, 0.3) is 0 Å². The molecule has 0 unspecified atom stereocenters. The molecule has 1 heterocycles. The average molecular weight is 404 g/mol. The Morgan fingerprint density at radius 3 is 2.27 bits per heavy atom. The molecule has 1 N–H and O–H groups in total. The van der Waals surface area contributed by atoms with Gasteiger partial charge in [-0.15, -0.1) is 0 Å². The average Bonchev–Trinajstić information content (AvgIpc) is 2.67. The van der Waals surface area contributed by atoms with Gasteiger partial charge in [-0.1, -0.05) is 18.2 Å². The van der Waals surface area contributed by atoms with Crippen molar-refractivity contribution in [3.63, 3.8) is 0 Å². The number of nitrogens with zero attached hydrogens (tertiary/aromatic N) is 2. The van der Waals surface area contributed by atoms with Crippen LogP contribution < -0.4 is 5.32 Å². The minimum atomic E-state index is -3.74. The van der Waals surface area contributed by atoms with Gasteiger partial charge in [-0.25, -0.2) is 21.1 Å². The van der Waals surface area contributed by atoms with E-state index in [1.807, 2.05) is 0 Å². The highest BCUT2D eigenvalue weighted by Gasteiger charge is 2.27. The molecular weight excluding hydrogens is 378 g/mol. The molecule has 1 saturated heterocycles. The first-order valence-electron chi connectivity index (χ1n) is 8.57. The third-order valence-electron chi connectivity index (χ3n) is 4.23. The van der Waals surface area contributed by atoms with E-state index in [9.17, 15) is 21.6 Å². The maximum atomic E-state index is 12.8. The van der Waals surface area contributed by atoms with Crippen LogP contribution in [-0.4, -0.2) is 69.8 Å². The van der Waals surface area contributed by atoms with Crippen molar-refractivity contribution in [2.75, 3.05) is 38.5 Å². The molecule has 2 rings (SSSR count). The molecule has 0 aliphatic carbocycles. The van der Waals surface area contributed by atoms with Crippen LogP contribution in [-0.2, 0) is 24.8 Å². The third-order valence-corrected chi connectivity index (χ3v) is 8.02. The molecule has 1 aromatic rings. The SMILES string of the molecule is CCS(=O)(=O)N1CCCN(S(=O)(=O)c2ccccc2)CCC(=O)NCC1. The zero-order valence-electron chi connectivity index (χ0n) is 14.8. The fourth-order valence-corrected chi connectivity index (χ4v) is 5.37. The molecule has 1 amide bonds.